The van der Waals surface area contributed by atoms with Crippen LogP contribution >= 0.6 is 0 Å². The molecular formula is C17H28N2. The van der Waals surface area contributed by atoms with Crippen molar-refractivity contribution < 1.29 is 0 Å². The Morgan fingerprint density at radius 2 is 1.74 bits per heavy atom. The molecule has 1 aliphatic heterocycles. The fraction of sp³-hybridized carbons (Fsp3) is 0.647. The molecule has 1 unspecified atom stereocenters. The molecule has 2 rings (SSSR count). The van der Waals surface area contributed by atoms with Crippen LogP contribution in [0.3, 0.4) is 0 Å². The van der Waals surface area contributed by atoms with Crippen LogP contribution in [0.25, 0.3) is 0 Å². The third-order valence-electron chi connectivity index (χ3n) is 4.25. The Morgan fingerprint density at radius 1 is 1.11 bits per heavy atom. The van der Waals surface area contributed by atoms with E-state index in [4.69, 9.17) is 0 Å². The van der Waals surface area contributed by atoms with Crippen LogP contribution in [0, 0.1) is 0 Å². The molecule has 1 N–H and O–H groups in total. The molecule has 19 heavy (non-hydrogen) atoms. The summed E-state index contributed by atoms with van der Waals surface area (Å²) in [5.41, 5.74) is 3.11. The number of benzene rings is 1. The summed E-state index contributed by atoms with van der Waals surface area (Å²) < 4.78 is 0. The predicted octanol–water partition coefficient (Wildman–Crippen LogP) is 2.87. The Morgan fingerprint density at radius 3 is 2.26 bits per heavy atom. The molecule has 1 aromatic rings. The SMILES string of the molecule is CCCNCC(CC)N1CCc2ccccc2CC1. The van der Waals surface area contributed by atoms with E-state index < -0.39 is 0 Å². The summed E-state index contributed by atoms with van der Waals surface area (Å²) in [5, 5.41) is 3.58. The Hall–Kier alpha value is -0.860. The topological polar surface area (TPSA) is 15.3 Å². The third-order valence-corrected chi connectivity index (χ3v) is 4.25. The van der Waals surface area contributed by atoms with E-state index in [1.807, 2.05) is 0 Å². The van der Waals surface area contributed by atoms with Crippen molar-refractivity contribution >= 4 is 0 Å². The highest BCUT2D eigenvalue weighted by molar-refractivity contribution is 5.28. The molecule has 0 saturated carbocycles. The smallest absolute Gasteiger partial charge is 0.0218 e. The summed E-state index contributed by atoms with van der Waals surface area (Å²) in [6.45, 7) is 9.25. The van der Waals surface area contributed by atoms with Gasteiger partial charge >= 0.3 is 0 Å². The number of hydrogen-bond donors (Lipinski definition) is 1. The molecule has 0 amide bonds. The monoisotopic (exact) mass is 260 g/mol. The molecule has 0 bridgehead atoms. The van der Waals surface area contributed by atoms with Gasteiger partial charge in [-0.05, 0) is 43.4 Å². The molecule has 0 saturated heterocycles. The number of rotatable bonds is 6. The molecule has 0 aliphatic carbocycles. The van der Waals surface area contributed by atoms with Crippen molar-refractivity contribution in [1.29, 1.82) is 0 Å². The first-order valence-corrected chi connectivity index (χ1v) is 7.86. The predicted molar refractivity (Wildman–Crippen MR) is 82.7 cm³/mol. The van der Waals surface area contributed by atoms with Crippen LogP contribution in [0.1, 0.15) is 37.8 Å². The molecule has 2 nitrogen and oxygen atoms in total. The molecule has 106 valence electrons. The summed E-state index contributed by atoms with van der Waals surface area (Å²) in [6.07, 6.45) is 4.88. The molecule has 2 heteroatoms. The van der Waals surface area contributed by atoms with Crippen molar-refractivity contribution in [2.45, 2.75) is 45.6 Å². The standard InChI is InChI=1S/C17H28N2/c1-3-11-18-14-17(4-2)19-12-9-15-7-5-6-8-16(15)10-13-19/h5-8,17-18H,3-4,9-14H2,1-2H3. The minimum atomic E-state index is 0.695. The van der Waals surface area contributed by atoms with Crippen molar-refractivity contribution in [2.75, 3.05) is 26.2 Å². The van der Waals surface area contributed by atoms with Gasteiger partial charge in [-0.25, -0.2) is 0 Å². The lowest BCUT2D eigenvalue weighted by Gasteiger charge is -2.30. The summed E-state index contributed by atoms with van der Waals surface area (Å²) in [5.74, 6) is 0. The van der Waals surface area contributed by atoms with Gasteiger partial charge in [0, 0.05) is 25.7 Å². The average molecular weight is 260 g/mol. The average Bonchev–Trinajstić information content (AvgIpc) is 2.66. The summed E-state index contributed by atoms with van der Waals surface area (Å²) in [7, 11) is 0. The highest BCUT2D eigenvalue weighted by Crippen LogP contribution is 2.17. The van der Waals surface area contributed by atoms with Crippen LogP contribution in [-0.4, -0.2) is 37.1 Å². The van der Waals surface area contributed by atoms with Crippen LogP contribution in [0.4, 0.5) is 0 Å². The maximum Gasteiger partial charge on any atom is 0.0218 e. The summed E-state index contributed by atoms with van der Waals surface area (Å²) in [6, 6.07) is 9.65. The van der Waals surface area contributed by atoms with Crippen molar-refractivity contribution in [1.82, 2.24) is 10.2 Å². The maximum absolute atomic E-state index is 3.58. The second-order valence-corrected chi connectivity index (χ2v) is 5.57. The van der Waals surface area contributed by atoms with Gasteiger partial charge < -0.3 is 5.32 Å². The number of fused-ring (bicyclic) bond motifs is 1. The lowest BCUT2D eigenvalue weighted by atomic mass is 10.0. The first kappa shape index (κ1) is 14.5. The van der Waals surface area contributed by atoms with E-state index in [0.29, 0.717) is 6.04 Å². The highest BCUT2D eigenvalue weighted by Gasteiger charge is 2.19. The number of nitrogens with one attached hydrogen (secondary N) is 1. The van der Waals surface area contributed by atoms with Gasteiger partial charge in [-0.15, -0.1) is 0 Å². The van der Waals surface area contributed by atoms with E-state index in [2.05, 4.69) is 48.3 Å². The minimum absolute atomic E-state index is 0.695. The van der Waals surface area contributed by atoms with Gasteiger partial charge in [0.25, 0.3) is 0 Å². The van der Waals surface area contributed by atoms with Crippen molar-refractivity contribution in [2.24, 2.45) is 0 Å². The lowest BCUT2D eigenvalue weighted by molar-refractivity contribution is 0.195. The Bertz CT molecular complexity index is 348. The van der Waals surface area contributed by atoms with Gasteiger partial charge in [0.05, 0.1) is 0 Å². The Balaban J connectivity index is 1.92. The van der Waals surface area contributed by atoms with Crippen LogP contribution in [0.2, 0.25) is 0 Å². The zero-order valence-electron chi connectivity index (χ0n) is 12.5. The van der Waals surface area contributed by atoms with Gasteiger partial charge in [-0.3, -0.25) is 4.90 Å². The maximum atomic E-state index is 3.58. The third kappa shape index (κ3) is 4.05. The Labute approximate surface area is 118 Å². The molecule has 0 spiro atoms. The molecule has 1 heterocycles. The summed E-state index contributed by atoms with van der Waals surface area (Å²) >= 11 is 0. The second-order valence-electron chi connectivity index (χ2n) is 5.57. The Kier molecular flexibility index (Phi) is 5.87. The van der Waals surface area contributed by atoms with Crippen LogP contribution in [0.15, 0.2) is 24.3 Å². The quantitative estimate of drug-likeness (QED) is 0.791. The van der Waals surface area contributed by atoms with Crippen molar-refractivity contribution in [3.8, 4) is 0 Å². The molecule has 1 atom stereocenters. The first-order valence-electron chi connectivity index (χ1n) is 7.86. The van der Waals surface area contributed by atoms with E-state index in [-0.39, 0.29) is 0 Å². The fourth-order valence-electron chi connectivity index (χ4n) is 3.03. The van der Waals surface area contributed by atoms with E-state index in [1.54, 1.807) is 11.1 Å². The van der Waals surface area contributed by atoms with Crippen LogP contribution in [0.5, 0.6) is 0 Å². The van der Waals surface area contributed by atoms with Crippen LogP contribution in [-0.2, 0) is 12.8 Å². The largest absolute Gasteiger partial charge is 0.315 e. The molecule has 0 radical (unpaired) electrons. The van der Waals surface area contributed by atoms with E-state index in [9.17, 15) is 0 Å². The van der Waals surface area contributed by atoms with Gasteiger partial charge in [0.2, 0.25) is 0 Å². The van der Waals surface area contributed by atoms with Crippen molar-refractivity contribution in [3.63, 3.8) is 0 Å². The number of nitrogens with zero attached hydrogens (tertiary/aromatic N) is 1. The highest BCUT2D eigenvalue weighted by atomic mass is 15.2. The van der Waals surface area contributed by atoms with E-state index in [1.165, 1.54) is 38.8 Å². The van der Waals surface area contributed by atoms with Crippen LogP contribution < -0.4 is 5.32 Å². The first-order chi connectivity index (χ1) is 9.35. The fourth-order valence-corrected chi connectivity index (χ4v) is 3.03. The molecule has 0 aromatic heterocycles. The van der Waals surface area contributed by atoms with Gasteiger partial charge in [0.15, 0.2) is 0 Å². The molecule has 1 aromatic carbocycles. The molecule has 0 fully saturated rings. The van der Waals surface area contributed by atoms with Gasteiger partial charge in [0.1, 0.15) is 0 Å². The minimum Gasteiger partial charge on any atom is -0.315 e. The normalized spacial score (nSPS) is 17.8. The number of hydrogen-bond acceptors (Lipinski definition) is 2. The molecular weight excluding hydrogens is 232 g/mol. The van der Waals surface area contributed by atoms with Crippen molar-refractivity contribution in [3.05, 3.63) is 35.4 Å². The molecule has 1 aliphatic rings. The zero-order valence-corrected chi connectivity index (χ0v) is 12.5. The lowest BCUT2D eigenvalue weighted by Crippen LogP contribution is -2.43. The summed E-state index contributed by atoms with van der Waals surface area (Å²) in [4.78, 5) is 2.68. The second kappa shape index (κ2) is 7.66. The van der Waals surface area contributed by atoms with E-state index in [0.717, 1.165) is 13.1 Å². The van der Waals surface area contributed by atoms with Gasteiger partial charge in [-0.1, -0.05) is 38.1 Å². The van der Waals surface area contributed by atoms with Gasteiger partial charge in [-0.2, -0.15) is 0 Å². The van der Waals surface area contributed by atoms with E-state index >= 15 is 0 Å². The zero-order chi connectivity index (χ0) is 13.5.